The van der Waals surface area contributed by atoms with Gasteiger partial charge in [0.2, 0.25) is 0 Å². The summed E-state index contributed by atoms with van der Waals surface area (Å²) in [4.78, 5) is 11.7. The van der Waals surface area contributed by atoms with Crippen LogP contribution in [0.15, 0.2) is 48.6 Å². The first kappa shape index (κ1) is 13.2. The summed E-state index contributed by atoms with van der Waals surface area (Å²) in [6.45, 7) is 5.88. The molecule has 1 rings (SSSR count). The highest BCUT2D eigenvalue weighted by atomic mass is 16.5. The minimum Gasteiger partial charge on any atom is -0.463 e. The van der Waals surface area contributed by atoms with Crippen molar-refractivity contribution in [2.45, 2.75) is 19.8 Å². The summed E-state index contributed by atoms with van der Waals surface area (Å²) in [5.74, 6) is -0.238. The molecule has 0 atom stereocenters. The molecule has 1 aromatic rings. The number of hydrogen-bond acceptors (Lipinski definition) is 2. The second-order valence-electron chi connectivity index (χ2n) is 3.63. The van der Waals surface area contributed by atoms with Crippen molar-refractivity contribution in [3.8, 4) is 0 Å². The van der Waals surface area contributed by atoms with Crippen LogP contribution < -0.4 is 0 Å². The molecule has 0 N–H and O–H groups in total. The van der Waals surface area contributed by atoms with Gasteiger partial charge >= 0.3 is 5.97 Å². The molecule has 0 spiro atoms. The monoisotopic (exact) mass is 230 g/mol. The van der Waals surface area contributed by atoms with Crippen LogP contribution in [0, 0.1) is 0 Å². The van der Waals surface area contributed by atoms with Gasteiger partial charge in [-0.2, -0.15) is 0 Å². The van der Waals surface area contributed by atoms with Crippen molar-refractivity contribution in [3.05, 3.63) is 54.1 Å². The van der Waals surface area contributed by atoms with Crippen LogP contribution in [0.3, 0.4) is 0 Å². The maximum absolute atomic E-state index is 11.7. The summed E-state index contributed by atoms with van der Waals surface area (Å²) in [5, 5.41) is 0. The van der Waals surface area contributed by atoms with Crippen molar-refractivity contribution < 1.29 is 9.53 Å². The summed E-state index contributed by atoms with van der Waals surface area (Å²) < 4.78 is 5.03. The molecule has 0 radical (unpaired) electrons. The molecule has 0 aliphatic carbocycles. The van der Waals surface area contributed by atoms with E-state index in [2.05, 4.69) is 6.58 Å². The van der Waals surface area contributed by atoms with Gasteiger partial charge in [0.15, 0.2) is 0 Å². The molecule has 0 amide bonds. The van der Waals surface area contributed by atoms with Gasteiger partial charge in [-0.3, -0.25) is 0 Å². The molecule has 0 fully saturated rings. The van der Waals surface area contributed by atoms with Crippen molar-refractivity contribution in [2.24, 2.45) is 0 Å². The van der Waals surface area contributed by atoms with E-state index in [1.807, 2.05) is 43.3 Å². The third kappa shape index (κ3) is 4.68. The molecule has 0 heterocycles. The van der Waals surface area contributed by atoms with Crippen molar-refractivity contribution in [2.75, 3.05) is 6.61 Å². The molecule has 2 heteroatoms. The van der Waals surface area contributed by atoms with Gasteiger partial charge in [-0.15, -0.1) is 6.58 Å². The van der Waals surface area contributed by atoms with E-state index in [4.69, 9.17) is 4.74 Å². The lowest BCUT2D eigenvalue weighted by Gasteiger charge is -2.05. The van der Waals surface area contributed by atoms with Gasteiger partial charge in [0.05, 0.1) is 6.61 Å². The first-order chi connectivity index (χ1) is 8.27. The normalized spacial score (nSPS) is 11.0. The Morgan fingerprint density at radius 3 is 2.65 bits per heavy atom. The quantitative estimate of drug-likeness (QED) is 0.424. The number of rotatable bonds is 6. The van der Waals surface area contributed by atoms with Gasteiger partial charge < -0.3 is 4.74 Å². The fourth-order valence-electron chi connectivity index (χ4n) is 1.46. The van der Waals surface area contributed by atoms with Crippen molar-refractivity contribution in [1.29, 1.82) is 0 Å². The number of esters is 1. The van der Waals surface area contributed by atoms with Crippen molar-refractivity contribution in [1.82, 2.24) is 0 Å². The Kier molecular flexibility index (Phi) is 5.80. The van der Waals surface area contributed by atoms with Gasteiger partial charge in [0.1, 0.15) is 0 Å². The molecule has 2 nitrogen and oxygen atoms in total. The Labute approximate surface area is 103 Å². The summed E-state index contributed by atoms with van der Waals surface area (Å²) in [5.41, 5.74) is 1.71. The highest BCUT2D eigenvalue weighted by Gasteiger charge is 2.09. The number of benzene rings is 1. The number of allylic oxidation sites excluding steroid dienone is 1. The average Bonchev–Trinajstić information content (AvgIpc) is 2.36. The third-order valence-corrected chi connectivity index (χ3v) is 2.30. The van der Waals surface area contributed by atoms with E-state index in [1.165, 1.54) is 0 Å². The molecular weight excluding hydrogens is 212 g/mol. The van der Waals surface area contributed by atoms with Crippen LogP contribution in [0.2, 0.25) is 0 Å². The Balaban J connectivity index is 2.85. The topological polar surface area (TPSA) is 26.3 Å². The molecule has 0 unspecified atom stereocenters. The van der Waals surface area contributed by atoms with Crippen molar-refractivity contribution >= 4 is 12.0 Å². The van der Waals surface area contributed by atoms with Gasteiger partial charge in [-0.05, 0) is 31.4 Å². The molecule has 90 valence electrons. The highest BCUT2D eigenvalue weighted by Crippen LogP contribution is 2.13. The average molecular weight is 230 g/mol. The molecule has 0 saturated carbocycles. The molecule has 1 aromatic carbocycles. The van der Waals surface area contributed by atoms with Crippen molar-refractivity contribution in [3.63, 3.8) is 0 Å². The van der Waals surface area contributed by atoms with Crippen LogP contribution in [-0.4, -0.2) is 12.6 Å². The second-order valence-corrected chi connectivity index (χ2v) is 3.63. The lowest BCUT2D eigenvalue weighted by atomic mass is 10.1. The SMILES string of the molecule is C=CCC/C(=C\c1ccccc1)C(=O)OCC. The summed E-state index contributed by atoms with van der Waals surface area (Å²) in [6.07, 6.45) is 5.12. The smallest absolute Gasteiger partial charge is 0.334 e. The maximum Gasteiger partial charge on any atom is 0.334 e. The van der Waals surface area contributed by atoms with Crippen LogP contribution in [-0.2, 0) is 9.53 Å². The van der Waals surface area contributed by atoms with E-state index in [1.54, 1.807) is 6.08 Å². The summed E-state index contributed by atoms with van der Waals surface area (Å²) in [6, 6.07) is 9.77. The Morgan fingerprint density at radius 1 is 1.35 bits per heavy atom. The Morgan fingerprint density at radius 2 is 2.06 bits per heavy atom. The molecule has 0 aliphatic heterocycles. The zero-order valence-electron chi connectivity index (χ0n) is 10.2. The van der Waals surface area contributed by atoms with Gasteiger partial charge in [-0.25, -0.2) is 4.79 Å². The van der Waals surface area contributed by atoms with Gasteiger partial charge in [0, 0.05) is 5.57 Å². The first-order valence-corrected chi connectivity index (χ1v) is 5.81. The summed E-state index contributed by atoms with van der Waals surface area (Å²) >= 11 is 0. The fourth-order valence-corrected chi connectivity index (χ4v) is 1.46. The van der Waals surface area contributed by atoms with Crippen LogP contribution in [0.1, 0.15) is 25.3 Å². The van der Waals surface area contributed by atoms with E-state index >= 15 is 0 Å². The second kappa shape index (κ2) is 7.44. The van der Waals surface area contributed by atoms with Gasteiger partial charge in [0.25, 0.3) is 0 Å². The zero-order chi connectivity index (χ0) is 12.5. The van der Waals surface area contributed by atoms with Crippen LogP contribution >= 0.6 is 0 Å². The molecule has 17 heavy (non-hydrogen) atoms. The minimum atomic E-state index is -0.238. The standard InChI is InChI=1S/C15H18O2/c1-3-5-11-14(15(16)17-4-2)12-13-9-7-6-8-10-13/h3,6-10,12H,1,4-5,11H2,2H3/b14-12+. The molecule has 0 saturated heterocycles. The number of carbonyl (C=O) groups excluding carboxylic acids is 1. The molecule has 0 aliphatic rings. The zero-order valence-corrected chi connectivity index (χ0v) is 10.2. The summed E-state index contributed by atoms with van der Waals surface area (Å²) in [7, 11) is 0. The van der Waals surface area contributed by atoms with Crippen LogP contribution in [0.4, 0.5) is 0 Å². The number of hydrogen-bond donors (Lipinski definition) is 0. The highest BCUT2D eigenvalue weighted by molar-refractivity contribution is 5.93. The fraction of sp³-hybridized carbons (Fsp3) is 0.267. The lowest BCUT2D eigenvalue weighted by molar-refractivity contribution is -0.138. The van der Waals surface area contributed by atoms with Crippen LogP contribution in [0.5, 0.6) is 0 Å². The lowest BCUT2D eigenvalue weighted by Crippen LogP contribution is -2.07. The first-order valence-electron chi connectivity index (χ1n) is 5.81. The van der Waals surface area contributed by atoms with Crippen LogP contribution in [0.25, 0.3) is 6.08 Å². The third-order valence-electron chi connectivity index (χ3n) is 2.30. The molecule has 0 bridgehead atoms. The molecule has 0 aromatic heterocycles. The predicted molar refractivity (Wildman–Crippen MR) is 70.5 cm³/mol. The number of carbonyl (C=O) groups is 1. The van der Waals surface area contributed by atoms with E-state index in [-0.39, 0.29) is 5.97 Å². The minimum absolute atomic E-state index is 0.238. The Hall–Kier alpha value is -1.83. The Bertz CT molecular complexity index is 391. The molecular formula is C15H18O2. The van der Waals surface area contributed by atoms with E-state index < -0.39 is 0 Å². The predicted octanol–water partition coefficient (Wildman–Crippen LogP) is 3.60. The number of ether oxygens (including phenoxy) is 1. The van der Waals surface area contributed by atoms with E-state index in [0.717, 1.165) is 12.0 Å². The maximum atomic E-state index is 11.7. The van der Waals surface area contributed by atoms with Gasteiger partial charge in [-0.1, -0.05) is 36.4 Å². The largest absolute Gasteiger partial charge is 0.463 e. The van der Waals surface area contributed by atoms with E-state index in [9.17, 15) is 4.79 Å². The van der Waals surface area contributed by atoms with E-state index in [0.29, 0.717) is 18.6 Å².